The average molecular weight is 579 g/mol. The number of nitrogens with zero attached hydrogens (tertiary/aromatic N) is 2. The highest BCUT2D eigenvalue weighted by Gasteiger charge is 2.44. The minimum absolute atomic E-state index is 0.0313. The molecule has 0 radical (unpaired) electrons. The van der Waals surface area contributed by atoms with Crippen molar-refractivity contribution >= 4 is 35.0 Å². The van der Waals surface area contributed by atoms with Gasteiger partial charge in [-0.05, 0) is 61.1 Å². The third kappa shape index (κ3) is 5.77. The first-order valence-corrected chi connectivity index (χ1v) is 15.5. The average Bonchev–Trinajstić information content (AvgIpc) is 3.45. The van der Waals surface area contributed by atoms with Crippen LogP contribution in [-0.2, 0) is 34.4 Å². The van der Waals surface area contributed by atoms with Gasteiger partial charge in [0.15, 0.2) is 5.16 Å². The maximum atomic E-state index is 14.4. The van der Waals surface area contributed by atoms with Crippen molar-refractivity contribution in [3.63, 3.8) is 0 Å². The fourth-order valence-electron chi connectivity index (χ4n) is 6.41. The number of aryl methyl sites for hydroxylation is 1. The van der Waals surface area contributed by atoms with Gasteiger partial charge in [0.2, 0.25) is 11.8 Å². The SMILES string of the molecule is CC(=O)Nc1ccc(NC(=O)CSc2nc3c(c(=O)n2CCc2ccccc2)C2(CCCC2)Cc2ccccc2-3)cc1. The summed E-state index contributed by atoms with van der Waals surface area (Å²) < 4.78 is 1.81. The van der Waals surface area contributed by atoms with Gasteiger partial charge in [0.25, 0.3) is 5.56 Å². The highest BCUT2D eigenvalue weighted by atomic mass is 32.2. The van der Waals surface area contributed by atoms with Gasteiger partial charge in [-0.25, -0.2) is 4.98 Å². The summed E-state index contributed by atoms with van der Waals surface area (Å²) in [6.07, 6.45) is 5.81. The first kappa shape index (κ1) is 28.0. The van der Waals surface area contributed by atoms with Crippen molar-refractivity contribution in [1.29, 1.82) is 0 Å². The standard InChI is InChI=1S/C34H34N4O3S/c1-23(39)35-26-13-15-27(16-14-26)36-29(40)22-42-33-37-31-28-12-6-5-11-25(28)21-34(18-7-8-19-34)30(31)32(41)38(33)20-17-24-9-3-2-4-10-24/h2-6,9-16H,7-8,17-22H2,1H3,(H,35,39)(H,36,40). The molecule has 0 unspecified atom stereocenters. The number of nitrogens with one attached hydrogen (secondary N) is 2. The molecule has 7 nitrogen and oxygen atoms in total. The van der Waals surface area contributed by atoms with E-state index in [1.807, 2.05) is 24.3 Å². The molecule has 3 aromatic carbocycles. The van der Waals surface area contributed by atoms with Crippen molar-refractivity contribution in [2.75, 3.05) is 16.4 Å². The molecule has 42 heavy (non-hydrogen) atoms. The second kappa shape index (κ2) is 12.0. The number of aromatic nitrogens is 2. The number of hydrogen-bond donors (Lipinski definition) is 2. The number of hydrogen-bond acceptors (Lipinski definition) is 5. The van der Waals surface area contributed by atoms with E-state index in [1.165, 1.54) is 24.2 Å². The minimum Gasteiger partial charge on any atom is -0.326 e. The molecule has 2 aliphatic carbocycles. The molecule has 0 aliphatic heterocycles. The molecule has 6 rings (SSSR count). The smallest absolute Gasteiger partial charge is 0.258 e. The zero-order valence-corrected chi connectivity index (χ0v) is 24.5. The molecule has 1 aromatic heterocycles. The summed E-state index contributed by atoms with van der Waals surface area (Å²) in [6, 6.07) is 25.5. The molecular weight excluding hydrogens is 544 g/mol. The van der Waals surface area contributed by atoms with Gasteiger partial charge in [-0.3, -0.25) is 19.0 Å². The van der Waals surface area contributed by atoms with Gasteiger partial charge >= 0.3 is 0 Å². The Labute approximate surface area is 249 Å². The van der Waals surface area contributed by atoms with E-state index in [0.717, 1.165) is 54.5 Å². The van der Waals surface area contributed by atoms with Gasteiger partial charge in [0.05, 0.1) is 17.0 Å². The molecule has 1 heterocycles. The van der Waals surface area contributed by atoms with Crippen LogP contribution < -0.4 is 16.2 Å². The molecule has 0 saturated heterocycles. The summed E-state index contributed by atoms with van der Waals surface area (Å²) >= 11 is 1.30. The van der Waals surface area contributed by atoms with Crippen LogP contribution in [0.15, 0.2) is 88.8 Å². The Bertz CT molecular complexity index is 1680. The van der Waals surface area contributed by atoms with E-state index in [4.69, 9.17) is 4.98 Å². The van der Waals surface area contributed by atoms with Gasteiger partial charge in [-0.15, -0.1) is 0 Å². The van der Waals surface area contributed by atoms with Crippen LogP contribution >= 0.6 is 11.8 Å². The van der Waals surface area contributed by atoms with E-state index in [0.29, 0.717) is 29.5 Å². The van der Waals surface area contributed by atoms with Crippen molar-refractivity contribution < 1.29 is 9.59 Å². The molecular formula is C34H34N4O3S. The van der Waals surface area contributed by atoms with Crippen molar-refractivity contribution in [1.82, 2.24) is 9.55 Å². The van der Waals surface area contributed by atoms with Crippen molar-refractivity contribution in [2.24, 2.45) is 0 Å². The minimum atomic E-state index is -0.193. The number of carbonyl (C=O) groups excluding carboxylic acids is 2. The summed E-state index contributed by atoms with van der Waals surface area (Å²) in [5.74, 6) is -0.237. The molecule has 2 N–H and O–H groups in total. The fourth-order valence-corrected chi connectivity index (χ4v) is 7.22. The number of benzene rings is 3. The van der Waals surface area contributed by atoms with E-state index < -0.39 is 0 Å². The van der Waals surface area contributed by atoms with Crippen LogP contribution in [0.25, 0.3) is 11.3 Å². The predicted molar refractivity (Wildman–Crippen MR) is 168 cm³/mol. The summed E-state index contributed by atoms with van der Waals surface area (Å²) in [5.41, 5.74) is 6.23. The van der Waals surface area contributed by atoms with E-state index in [2.05, 4.69) is 41.0 Å². The molecule has 8 heteroatoms. The Hall–Kier alpha value is -4.17. The predicted octanol–water partition coefficient (Wildman–Crippen LogP) is 6.21. The lowest BCUT2D eigenvalue weighted by Crippen LogP contribution is -2.40. The van der Waals surface area contributed by atoms with Crippen molar-refractivity contribution in [2.45, 2.75) is 62.6 Å². The zero-order chi connectivity index (χ0) is 29.1. The number of fused-ring (bicyclic) bond motifs is 4. The molecule has 0 bridgehead atoms. The lowest BCUT2D eigenvalue weighted by Gasteiger charge is -2.36. The molecule has 0 atom stereocenters. The maximum absolute atomic E-state index is 14.4. The second-order valence-corrected chi connectivity index (χ2v) is 12.2. The van der Waals surface area contributed by atoms with Gasteiger partial charge in [0, 0.05) is 35.8 Å². The Morgan fingerprint density at radius 2 is 1.57 bits per heavy atom. The van der Waals surface area contributed by atoms with Crippen molar-refractivity contribution in [3.8, 4) is 11.3 Å². The third-order valence-corrected chi connectivity index (χ3v) is 9.29. The number of carbonyl (C=O) groups is 2. The van der Waals surface area contributed by atoms with Crippen LogP contribution in [0.1, 0.15) is 49.3 Å². The summed E-state index contributed by atoms with van der Waals surface area (Å²) in [6.45, 7) is 1.95. The third-order valence-electron chi connectivity index (χ3n) is 8.31. The first-order valence-electron chi connectivity index (χ1n) is 14.5. The van der Waals surface area contributed by atoms with E-state index in [9.17, 15) is 14.4 Å². The van der Waals surface area contributed by atoms with E-state index >= 15 is 0 Å². The number of rotatable bonds is 8. The van der Waals surface area contributed by atoms with Crippen LogP contribution in [0.2, 0.25) is 0 Å². The first-order chi connectivity index (χ1) is 20.4. The lowest BCUT2D eigenvalue weighted by atomic mass is 9.68. The summed E-state index contributed by atoms with van der Waals surface area (Å²) in [5, 5.41) is 6.20. The van der Waals surface area contributed by atoms with Crippen LogP contribution in [0.3, 0.4) is 0 Å². The fraction of sp³-hybridized carbons (Fsp3) is 0.294. The quantitative estimate of drug-likeness (QED) is 0.192. The Balaban J connectivity index is 1.32. The van der Waals surface area contributed by atoms with Gasteiger partial charge in [0.1, 0.15) is 0 Å². The van der Waals surface area contributed by atoms with E-state index in [-0.39, 0.29) is 28.5 Å². The van der Waals surface area contributed by atoms with Gasteiger partial charge < -0.3 is 10.6 Å². The van der Waals surface area contributed by atoms with Crippen molar-refractivity contribution in [3.05, 3.63) is 106 Å². The number of thioether (sulfide) groups is 1. The Kier molecular flexibility index (Phi) is 7.98. The monoisotopic (exact) mass is 578 g/mol. The highest BCUT2D eigenvalue weighted by Crippen LogP contribution is 2.50. The Morgan fingerprint density at radius 3 is 2.29 bits per heavy atom. The molecule has 2 aliphatic rings. The normalized spacial score (nSPS) is 14.7. The van der Waals surface area contributed by atoms with Gasteiger partial charge in [-0.1, -0.05) is 79.2 Å². The second-order valence-electron chi connectivity index (χ2n) is 11.2. The molecule has 4 aromatic rings. The summed E-state index contributed by atoms with van der Waals surface area (Å²) in [7, 11) is 0. The maximum Gasteiger partial charge on any atom is 0.258 e. The van der Waals surface area contributed by atoms with Crippen LogP contribution in [-0.4, -0.2) is 27.1 Å². The van der Waals surface area contributed by atoms with Crippen LogP contribution in [0.5, 0.6) is 0 Å². The molecule has 214 valence electrons. The zero-order valence-electron chi connectivity index (χ0n) is 23.7. The highest BCUT2D eigenvalue weighted by molar-refractivity contribution is 7.99. The Morgan fingerprint density at radius 1 is 0.905 bits per heavy atom. The largest absolute Gasteiger partial charge is 0.326 e. The lowest BCUT2D eigenvalue weighted by molar-refractivity contribution is -0.114. The molecule has 2 amide bonds. The molecule has 1 saturated carbocycles. The van der Waals surface area contributed by atoms with E-state index in [1.54, 1.807) is 28.8 Å². The van der Waals surface area contributed by atoms with Gasteiger partial charge in [-0.2, -0.15) is 0 Å². The summed E-state index contributed by atoms with van der Waals surface area (Å²) in [4.78, 5) is 43.9. The molecule has 1 spiro atoms. The number of anilines is 2. The van der Waals surface area contributed by atoms with Crippen LogP contribution in [0.4, 0.5) is 11.4 Å². The van der Waals surface area contributed by atoms with Crippen LogP contribution in [0, 0.1) is 0 Å². The topological polar surface area (TPSA) is 93.1 Å². The molecule has 1 fully saturated rings. The number of amides is 2.